The fraction of sp³-hybridized carbons (Fsp3) is 0.267. The van der Waals surface area contributed by atoms with Crippen LogP contribution in [-0.4, -0.2) is 19.1 Å². The fourth-order valence-corrected chi connectivity index (χ4v) is 2.63. The maximum absolute atomic E-state index is 11.8. The normalized spacial score (nSPS) is 10.5. The van der Waals surface area contributed by atoms with Crippen LogP contribution in [-0.2, 0) is 16.0 Å². The third kappa shape index (κ3) is 5.38. The Kier molecular flexibility index (Phi) is 6.04. The molecular formula is C15H17ClN2O2S. The summed E-state index contributed by atoms with van der Waals surface area (Å²) in [6.45, 7) is 1.02. The minimum atomic E-state index is -0.125. The standard InChI is InChI=1S/C15H17ClN2O2S/c16-11-3-4-14(13(17)10-11)18-15(19)6-8-20-7-5-12-2-1-9-21-12/h1-4,9-10H,5-8,17H2,(H,18,19). The summed E-state index contributed by atoms with van der Waals surface area (Å²) in [5.41, 5.74) is 6.80. The number of amides is 1. The second-order valence-corrected chi connectivity index (χ2v) is 5.94. The lowest BCUT2D eigenvalue weighted by Crippen LogP contribution is -2.15. The monoisotopic (exact) mass is 324 g/mol. The number of rotatable bonds is 7. The summed E-state index contributed by atoms with van der Waals surface area (Å²) in [5.74, 6) is -0.125. The molecule has 6 heteroatoms. The van der Waals surface area contributed by atoms with E-state index in [-0.39, 0.29) is 5.91 Å². The van der Waals surface area contributed by atoms with Crippen LogP contribution in [0.4, 0.5) is 11.4 Å². The highest BCUT2D eigenvalue weighted by atomic mass is 35.5. The van der Waals surface area contributed by atoms with E-state index >= 15 is 0 Å². The Morgan fingerprint density at radius 2 is 2.19 bits per heavy atom. The van der Waals surface area contributed by atoms with Gasteiger partial charge in [-0.2, -0.15) is 0 Å². The number of nitrogen functional groups attached to an aromatic ring is 1. The van der Waals surface area contributed by atoms with Crippen molar-refractivity contribution in [2.45, 2.75) is 12.8 Å². The second-order valence-electron chi connectivity index (χ2n) is 4.47. The van der Waals surface area contributed by atoms with Crippen molar-refractivity contribution in [3.63, 3.8) is 0 Å². The molecule has 0 saturated heterocycles. The van der Waals surface area contributed by atoms with Crippen LogP contribution < -0.4 is 11.1 Å². The van der Waals surface area contributed by atoms with Gasteiger partial charge >= 0.3 is 0 Å². The van der Waals surface area contributed by atoms with Gasteiger partial charge in [-0.3, -0.25) is 4.79 Å². The van der Waals surface area contributed by atoms with E-state index in [1.54, 1.807) is 29.5 Å². The topological polar surface area (TPSA) is 64.3 Å². The lowest BCUT2D eigenvalue weighted by molar-refractivity contribution is -0.117. The molecule has 3 N–H and O–H groups in total. The van der Waals surface area contributed by atoms with Crippen molar-refractivity contribution in [2.24, 2.45) is 0 Å². The zero-order chi connectivity index (χ0) is 15.1. The number of halogens is 1. The number of carbonyl (C=O) groups excluding carboxylic acids is 1. The molecule has 0 saturated carbocycles. The first-order chi connectivity index (χ1) is 10.1. The lowest BCUT2D eigenvalue weighted by Gasteiger charge is -2.08. The SMILES string of the molecule is Nc1cc(Cl)ccc1NC(=O)CCOCCc1cccs1. The zero-order valence-corrected chi connectivity index (χ0v) is 13.0. The number of ether oxygens (including phenoxy) is 1. The molecule has 0 spiro atoms. The van der Waals surface area contributed by atoms with Crippen LogP contribution in [0, 0.1) is 0 Å². The van der Waals surface area contributed by atoms with Crippen LogP contribution >= 0.6 is 22.9 Å². The van der Waals surface area contributed by atoms with Crippen LogP contribution in [0.25, 0.3) is 0 Å². The van der Waals surface area contributed by atoms with Crippen molar-refractivity contribution < 1.29 is 9.53 Å². The number of anilines is 2. The fourth-order valence-electron chi connectivity index (χ4n) is 1.75. The number of nitrogens with one attached hydrogen (secondary N) is 1. The van der Waals surface area contributed by atoms with E-state index in [1.165, 1.54) is 4.88 Å². The van der Waals surface area contributed by atoms with Gasteiger partial charge in [0, 0.05) is 16.3 Å². The summed E-state index contributed by atoms with van der Waals surface area (Å²) < 4.78 is 5.46. The van der Waals surface area contributed by atoms with Gasteiger partial charge in [0.05, 0.1) is 31.0 Å². The number of carbonyl (C=O) groups is 1. The van der Waals surface area contributed by atoms with Gasteiger partial charge in [0.2, 0.25) is 5.91 Å². The largest absolute Gasteiger partial charge is 0.397 e. The van der Waals surface area contributed by atoms with E-state index in [9.17, 15) is 4.79 Å². The Bertz CT molecular complexity index is 587. The second kappa shape index (κ2) is 8.02. The molecule has 0 radical (unpaired) electrons. The molecule has 1 amide bonds. The third-order valence-electron chi connectivity index (χ3n) is 2.83. The Morgan fingerprint density at radius 3 is 2.90 bits per heavy atom. The summed E-state index contributed by atoms with van der Waals surface area (Å²) in [7, 11) is 0. The van der Waals surface area contributed by atoms with Crippen LogP contribution in [0.5, 0.6) is 0 Å². The number of nitrogens with two attached hydrogens (primary N) is 1. The summed E-state index contributed by atoms with van der Waals surface area (Å²) in [6, 6.07) is 9.07. The predicted molar refractivity (Wildman–Crippen MR) is 88.0 cm³/mol. The molecule has 0 unspecified atom stereocenters. The molecule has 0 atom stereocenters. The van der Waals surface area contributed by atoms with Gasteiger partial charge in [0.25, 0.3) is 0 Å². The molecule has 0 fully saturated rings. The molecule has 0 bridgehead atoms. The van der Waals surface area contributed by atoms with Crippen LogP contribution in [0.1, 0.15) is 11.3 Å². The molecule has 2 aromatic rings. The molecule has 0 aliphatic carbocycles. The minimum absolute atomic E-state index is 0.125. The Balaban J connectivity index is 1.65. The average Bonchev–Trinajstić information content (AvgIpc) is 2.95. The smallest absolute Gasteiger partial charge is 0.226 e. The molecular weight excluding hydrogens is 308 g/mol. The molecule has 1 aromatic heterocycles. The maximum Gasteiger partial charge on any atom is 0.226 e. The molecule has 4 nitrogen and oxygen atoms in total. The van der Waals surface area contributed by atoms with E-state index in [0.29, 0.717) is 36.0 Å². The molecule has 1 heterocycles. The van der Waals surface area contributed by atoms with E-state index in [2.05, 4.69) is 11.4 Å². The molecule has 2 rings (SSSR count). The highest BCUT2D eigenvalue weighted by Crippen LogP contribution is 2.22. The first kappa shape index (κ1) is 15.8. The highest BCUT2D eigenvalue weighted by molar-refractivity contribution is 7.09. The first-order valence-corrected chi connectivity index (χ1v) is 7.86. The zero-order valence-electron chi connectivity index (χ0n) is 11.5. The first-order valence-electron chi connectivity index (χ1n) is 6.60. The van der Waals surface area contributed by atoms with Crippen molar-refractivity contribution in [1.82, 2.24) is 0 Å². The van der Waals surface area contributed by atoms with Gasteiger partial charge in [0.15, 0.2) is 0 Å². The highest BCUT2D eigenvalue weighted by Gasteiger charge is 2.05. The van der Waals surface area contributed by atoms with E-state index in [4.69, 9.17) is 22.1 Å². The number of hydrogen-bond donors (Lipinski definition) is 2. The summed E-state index contributed by atoms with van der Waals surface area (Å²) in [4.78, 5) is 13.0. The molecule has 0 aliphatic rings. The summed E-state index contributed by atoms with van der Waals surface area (Å²) in [5, 5.41) is 5.33. The van der Waals surface area contributed by atoms with Gasteiger partial charge in [-0.05, 0) is 29.6 Å². The van der Waals surface area contributed by atoms with Crippen molar-refractivity contribution >= 4 is 40.2 Å². The van der Waals surface area contributed by atoms with Crippen molar-refractivity contribution in [2.75, 3.05) is 24.3 Å². The van der Waals surface area contributed by atoms with Crippen molar-refractivity contribution in [3.8, 4) is 0 Å². The summed E-state index contributed by atoms with van der Waals surface area (Å²) in [6.07, 6.45) is 1.18. The maximum atomic E-state index is 11.8. The Morgan fingerprint density at radius 1 is 1.33 bits per heavy atom. The lowest BCUT2D eigenvalue weighted by atomic mass is 10.2. The van der Waals surface area contributed by atoms with E-state index in [0.717, 1.165) is 6.42 Å². The average molecular weight is 325 g/mol. The van der Waals surface area contributed by atoms with Crippen molar-refractivity contribution in [3.05, 3.63) is 45.6 Å². The van der Waals surface area contributed by atoms with E-state index in [1.807, 2.05) is 11.4 Å². The Hall–Kier alpha value is -1.56. The molecule has 0 aliphatic heterocycles. The third-order valence-corrected chi connectivity index (χ3v) is 4.01. The van der Waals surface area contributed by atoms with Gasteiger partial charge in [-0.1, -0.05) is 17.7 Å². The number of thiophene rings is 1. The van der Waals surface area contributed by atoms with Crippen LogP contribution in [0.2, 0.25) is 5.02 Å². The number of benzene rings is 1. The quantitative estimate of drug-likeness (QED) is 0.604. The summed E-state index contributed by atoms with van der Waals surface area (Å²) >= 11 is 7.51. The number of hydrogen-bond acceptors (Lipinski definition) is 4. The van der Waals surface area contributed by atoms with E-state index < -0.39 is 0 Å². The van der Waals surface area contributed by atoms with Crippen LogP contribution in [0.15, 0.2) is 35.7 Å². The predicted octanol–water partition coefficient (Wildman–Crippen LogP) is 3.57. The van der Waals surface area contributed by atoms with Crippen LogP contribution in [0.3, 0.4) is 0 Å². The molecule has 112 valence electrons. The Labute approximate surface area is 132 Å². The van der Waals surface area contributed by atoms with Gasteiger partial charge < -0.3 is 15.8 Å². The molecule has 1 aromatic carbocycles. The van der Waals surface area contributed by atoms with Crippen molar-refractivity contribution in [1.29, 1.82) is 0 Å². The van der Waals surface area contributed by atoms with Gasteiger partial charge in [0.1, 0.15) is 0 Å². The van der Waals surface area contributed by atoms with Gasteiger partial charge in [-0.25, -0.2) is 0 Å². The van der Waals surface area contributed by atoms with Gasteiger partial charge in [-0.15, -0.1) is 11.3 Å². The molecule has 21 heavy (non-hydrogen) atoms. The minimum Gasteiger partial charge on any atom is -0.397 e.